The average Bonchev–Trinajstić information content (AvgIpc) is 2.61. The first-order chi connectivity index (χ1) is 8.99. The summed E-state index contributed by atoms with van der Waals surface area (Å²) >= 11 is 6.41. The molecule has 1 heterocycles. The van der Waals surface area contributed by atoms with Crippen LogP contribution in [0, 0.1) is 11.7 Å². The predicted molar refractivity (Wildman–Crippen MR) is 78.4 cm³/mol. The van der Waals surface area contributed by atoms with Gasteiger partial charge in [-0.15, -0.1) is 0 Å². The fourth-order valence-corrected chi connectivity index (χ4v) is 3.02. The van der Waals surface area contributed by atoms with E-state index in [0.29, 0.717) is 12.2 Å². The second-order valence-corrected chi connectivity index (χ2v) is 5.96. The molecule has 0 saturated heterocycles. The number of hydrogen-bond acceptors (Lipinski definition) is 2. The molecule has 1 aromatic carbocycles. The molecule has 0 radical (unpaired) electrons. The first kappa shape index (κ1) is 14.7. The summed E-state index contributed by atoms with van der Waals surface area (Å²) in [4.78, 5) is 25.2. The van der Waals surface area contributed by atoms with E-state index in [1.165, 1.54) is 17.0 Å². The molecule has 1 aliphatic rings. The normalized spacial score (nSPS) is 15.9. The molecule has 19 heavy (non-hydrogen) atoms. The maximum Gasteiger partial charge on any atom is 0.299 e. The summed E-state index contributed by atoms with van der Waals surface area (Å²) in [6, 6.07) is 2.61. The van der Waals surface area contributed by atoms with E-state index in [0.717, 1.165) is 11.8 Å². The molecular formula is C13H12Br2FNO2. The quantitative estimate of drug-likeness (QED) is 0.580. The van der Waals surface area contributed by atoms with Crippen molar-refractivity contribution < 1.29 is 14.0 Å². The van der Waals surface area contributed by atoms with Crippen LogP contribution in [-0.4, -0.2) is 23.6 Å². The Morgan fingerprint density at radius 1 is 1.37 bits per heavy atom. The van der Waals surface area contributed by atoms with E-state index in [9.17, 15) is 14.0 Å². The van der Waals surface area contributed by atoms with Gasteiger partial charge in [0.25, 0.3) is 11.7 Å². The number of hydrogen-bond donors (Lipinski definition) is 0. The maximum atomic E-state index is 13.6. The van der Waals surface area contributed by atoms with Gasteiger partial charge >= 0.3 is 0 Å². The minimum absolute atomic E-state index is 0.196. The highest BCUT2D eigenvalue weighted by Crippen LogP contribution is 2.34. The smallest absolute Gasteiger partial charge is 0.299 e. The minimum Gasteiger partial charge on any atom is -0.304 e. The van der Waals surface area contributed by atoms with Crippen LogP contribution in [0.5, 0.6) is 0 Å². The van der Waals surface area contributed by atoms with Gasteiger partial charge in [-0.1, -0.05) is 29.3 Å². The molecule has 0 saturated carbocycles. The van der Waals surface area contributed by atoms with E-state index in [2.05, 4.69) is 31.9 Å². The fourth-order valence-electron chi connectivity index (χ4n) is 2.02. The molecule has 0 aliphatic carbocycles. The third-order valence-electron chi connectivity index (χ3n) is 3.25. The van der Waals surface area contributed by atoms with E-state index in [-0.39, 0.29) is 16.0 Å². The summed E-state index contributed by atoms with van der Waals surface area (Å²) in [6.07, 6.45) is 0.873. The van der Waals surface area contributed by atoms with Crippen LogP contribution in [0.3, 0.4) is 0 Å². The molecular weight excluding hydrogens is 381 g/mol. The number of carbonyl (C=O) groups excluding carboxylic acids is 2. The van der Waals surface area contributed by atoms with Gasteiger partial charge in [-0.25, -0.2) is 4.39 Å². The van der Waals surface area contributed by atoms with Crippen molar-refractivity contribution in [2.24, 2.45) is 5.92 Å². The van der Waals surface area contributed by atoms with Gasteiger partial charge in [0.15, 0.2) is 0 Å². The van der Waals surface area contributed by atoms with E-state index < -0.39 is 17.5 Å². The summed E-state index contributed by atoms with van der Waals surface area (Å²) in [5.41, 5.74) is 0.637. The lowest BCUT2D eigenvalue weighted by molar-refractivity contribution is -0.114. The Labute approximate surface area is 127 Å². The van der Waals surface area contributed by atoms with Crippen LogP contribution >= 0.6 is 31.9 Å². The highest BCUT2D eigenvalue weighted by Gasteiger charge is 2.37. The number of amides is 1. The van der Waals surface area contributed by atoms with Gasteiger partial charge in [0.1, 0.15) is 5.82 Å². The predicted octanol–water partition coefficient (Wildman–Crippen LogP) is 3.54. The lowest BCUT2D eigenvalue weighted by Gasteiger charge is -2.21. The molecule has 2 rings (SSSR count). The molecule has 0 N–H and O–H groups in total. The van der Waals surface area contributed by atoms with Crippen LogP contribution in [0.15, 0.2) is 16.6 Å². The standard InChI is InChI=1S/C13H12Br2FNO2/c1-2-7(5-14)6-17-11-4-10(16)9(15)3-8(11)12(18)13(17)19/h3-4,7H,2,5-6H2,1H3. The Morgan fingerprint density at radius 3 is 2.63 bits per heavy atom. The maximum absolute atomic E-state index is 13.6. The van der Waals surface area contributed by atoms with Crippen LogP contribution in [0.25, 0.3) is 0 Å². The third kappa shape index (κ3) is 2.60. The van der Waals surface area contributed by atoms with Gasteiger partial charge in [0, 0.05) is 11.9 Å². The van der Waals surface area contributed by atoms with Crippen LogP contribution in [0.2, 0.25) is 0 Å². The van der Waals surface area contributed by atoms with Gasteiger partial charge in [0.05, 0.1) is 15.7 Å². The first-order valence-electron chi connectivity index (χ1n) is 5.90. The Bertz CT molecular complexity index is 544. The summed E-state index contributed by atoms with van der Waals surface area (Å²) in [5, 5.41) is 0.732. The van der Waals surface area contributed by atoms with E-state index in [4.69, 9.17) is 0 Å². The number of rotatable bonds is 4. The molecule has 0 spiro atoms. The van der Waals surface area contributed by atoms with Crippen molar-refractivity contribution in [3.63, 3.8) is 0 Å². The number of ketones is 1. The lowest BCUT2D eigenvalue weighted by Crippen LogP contribution is -2.34. The van der Waals surface area contributed by atoms with Gasteiger partial charge in [-0.05, 0) is 34.0 Å². The zero-order valence-electron chi connectivity index (χ0n) is 10.3. The lowest BCUT2D eigenvalue weighted by atomic mass is 10.1. The Morgan fingerprint density at radius 2 is 2.05 bits per heavy atom. The van der Waals surface area contributed by atoms with Gasteiger partial charge < -0.3 is 4.90 Å². The largest absolute Gasteiger partial charge is 0.304 e. The van der Waals surface area contributed by atoms with Crippen molar-refractivity contribution >= 4 is 49.2 Å². The van der Waals surface area contributed by atoms with Gasteiger partial charge in [0.2, 0.25) is 0 Å². The van der Waals surface area contributed by atoms with E-state index in [1.807, 2.05) is 6.92 Å². The van der Waals surface area contributed by atoms with Crippen molar-refractivity contribution in [1.82, 2.24) is 0 Å². The van der Waals surface area contributed by atoms with E-state index >= 15 is 0 Å². The molecule has 102 valence electrons. The fraction of sp³-hybridized carbons (Fsp3) is 0.385. The molecule has 1 atom stereocenters. The molecule has 0 bridgehead atoms. The van der Waals surface area contributed by atoms with Crippen LogP contribution in [0.4, 0.5) is 10.1 Å². The molecule has 6 heteroatoms. The molecule has 1 aliphatic heterocycles. The van der Waals surface area contributed by atoms with Crippen molar-refractivity contribution in [3.05, 3.63) is 28.0 Å². The summed E-state index contributed by atoms with van der Waals surface area (Å²) in [5.74, 6) is -1.39. The Hall–Kier alpha value is -0.750. The summed E-state index contributed by atoms with van der Waals surface area (Å²) in [6.45, 7) is 2.43. The number of carbonyl (C=O) groups is 2. The Kier molecular flexibility index (Phi) is 4.40. The monoisotopic (exact) mass is 391 g/mol. The average molecular weight is 393 g/mol. The van der Waals surface area contributed by atoms with Crippen LogP contribution < -0.4 is 4.90 Å². The van der Waals surface area contributed by atoms with Gasteiger partial charge in [-0.2, -0.15) is 0 Å². The highest BCUT2D eigenvalue weighted by molar-refractivity contribution is 9.10. The van der Waals surface area contributed by atoms with Crippen molar-refractivity contribution in [3.8, 4) is 0 Å². The SMILES string of the molecule is CCC(CBr)CN1C(=O)C(=O)c2cc(Br)c(F)cc21. The van der Waals surface area contributed by atoms with E-state index in [1.54, 1.807) is 0 Å². The molecule has 1 unspecified atom stereocenters. The third-order valence-corrected chi connectivity index (χ3v) is 4.77. The second-order valence-electron chi connectivity index (χ2n) is 4.46. The molecule has 0 aromatic heterocycles. The second kappa shape index (κ2) is 5.71. The number of benzene rings is 1. The zero-order chi connectivity index (χ0) is 14.2. The van der Waals surface area contributed by atoms with Crippen LogP contribution in [-0.2, 0) is 4.79 Å². The number of halogens is 3. The number of Topliss-reactive ketones (excluding diaryl/α,β-unsaturated/α-hetero) is 1. The van der Waals surface area contributed by atoms with Crippen LogP contribution in [0.1, 0.15) is 23.7 Å². The van der Waals surface area contributed by atoms with Gasteiger partial charge in [-0.3, -0.25) is 9.59 Å². The number of fused-ring (bicyclic) bond motifs is 1. The molecule has 1 amide bonds. The first-order valence-corrected chi connectivity index (χ1v) is 7.82. The van der Waals surface area contributed by atoms with Crippen molar-refractivity contribution in [2.45, 2.75) is 13.3 Å². The minimum atomic E-state index is -0.577. The summed E-state index contributed by atoms with van der Waals surface area (Å²) in [7, 11) is 0. The number of alkyl halides is 1. The molecule has 1 aromatic rings. The number of anilines is 1. The zero-order valence-corrected chi connectivity index (χ0v) is 13.4. The Balaban J connectivity index is 2.41. The molecule has 0 fully saturated rings. The topological polar surface area (TPSA) is 37.4 Å². The van der Waals surface area contributed by atoms with Crippen molar-refractivity contribution in [2.75, 3.05) is 16.8 Å². The van der Waals surface area contributed by atoms with Crippen molar-refractivity contribution in [1.29, 1.82) is 0 Å². The number of nitrogens with zero attached hydrogens (tertiary/aromatic N) is 1. The molecule has 3 nitrogen and oxygen atoms in total. The highest BCUT2D eigenvalue weighted by atomic mass is 79.9. The summed E-state index contributed by atoms with van der Waals surface area (Å²) < 4.78 is 13.8.